The fourth-order valence-corrected chi connectivity index (χ4v) is 0.937. The van der Waals surface area contributed by atoms with Gasteiger partial charge in [0.05, 0.1) is 24.7 Å². The molecule has 0 bridgehead atoms. The van der Waals surface area contributed by atoms with Gasteiger partial charge < -0.3 is 14.9 Å². The molecule has 0 amide bonds. The molecule has 1 fully saturated rings. The van der Waals surface area contributed by atoms with Crippen LogP contribution in [0.2, 0.25) is 0 Å². The second-order valence-corrected chi connectivity index (χ2v) is 15.6. The third kappa shape index (κ3) is 13.1. The van der Waals surface area contributed by atoms with E-state index in [1.807, 2.05) is 0 Å². The van der Waals surface area contributed by atoms with Crippen LogP contribution in [-0.4, -0.2) is 34.1 Å². The van der Waals surface area contributed by atoms with Crippen LogP contribution in [0.5, 0.6) is 0 Å². The van der Waals surface area contributed by atoms with Crippen molar-refractivity contribution in [1.29, 1.82) is 0 Å². The van der Waals surface area contributed by atoms with Crippen molar-refractivity contribution in [2.75, 3.05) is 0 Å². The topological polar surface area (TPSA) is 118 Å². The number of hydrogen-bond acceptors (Lipinski definition) is 5. The first-order valence-corrected chi connectivity index (χ1v) is 14.3. The van der Waals surface area contributed by atoms with Crippen LogP contribution >= 0.6 is 40.0 Å². The van der Waals surface area contributed by atoms with Crippen LogP contribution in [0.1, 0.15) is 26.7 Å². The Hall–Kier alpha value is 0.124. The molecular formula is C10H14I2O7V. The van der Waals surface area contributed by atoms with Gasteiger partial charge in [-0.05, 0) is 0 Å². The number of halogens is 2. The van der Waals surface area contributed by atoms with Gasteiger partial charge in [0.15, 0.2) is 0 Å². The monoisotopic (exact) mass is 551 g/mol. The zero-order chi connectivity index (χ0) is 16.3. The molecule has 0 aromatic carbocycles. The van der Waals surface area contributed by atoms with Crippen molar-refractivity contribution in [3.8, 4) is 0 Å². The van der Waals surface area contributed by atoms with Crippen LogP contribution < -0.4 is 0 Å². The molecule has 0 aromatic heterocycles. The van der Waals surface area contributed by atoms with Gasteiger partial charge in [-0.2, -0.15) is 0 Å². The number of rotatable bonds is 3. The van der Waals surface area contributed by atoms with Crippen molar-refractivity contribution in [3.63, 3.8) is 0 Å². The average Bonchev–Trinajstić information content (AvgIpc) is 2.57. The molecule has 1 aliphatic heterocycles. The van der Waals surface area contributed by atoms with E-state index in [0.29, 0.717) is 9.47 Å². The van der Waals surface area contributed by atoms with Crippen LogP contribution in [0.25, 0.3) is 0 Å². The molecule has 1 saturated heterocycles. The number of ether oxygens (including phenoxy) is 1. The Morgan fingerprint density at radius 3 is 1.95 bits per heavy atom. The van der Waals surface area contributed by atoms with Gasteiger partial charge in [-0.25, -0.2) is 0 Å². The molecule has 1 aliphatic rings. The molecule has 2 atom stereocenters. The van der Waals surface area contributed by atoms with Crippen LogP contribution in [0.4, 0.5) is 0 Å². The Kier molecular flexibility index (Phi) is 14.4. The van der Waals surface area contributed by atoms with Gasteiger partial charge >= 0.3 is 73.3 Å². The second-order valence-electron chi connectivity index (χ2n) is 3.80. The summed E-state index contributed by atoms with van der Waals surface area (Å²) < 4.78 is 4.20. The molecule has 2 N–H and O–H groups in total. The van der Waals surface area contributed by atoms with Crippen LogP contribution in [0.15, 0.2) is 0 Å². The third-order valence-electron chi connectivity index (χ3n) is 1.99. The summed E-state index contributed by atoms with van der Waals surface area (Å²) in [6, 6.07) is 0. The first kappa shape index (κ1) is 22.4. The number of carbonyl (C=O) groups is 4. The first-order chi connectivity index (χ1) is 9.15. The minimum atomic E-state index is -1.08. The maximum absolute atomic E-state index is 10.3. The Morgan fingerprint density at radius 1 is 1.40 bits per heavy atom. The summed E-state index contributed by atoms with van der Waals surface area (Å²) in [6.07, 6.45) is -0.0613. The molecule has 0 aromatic rings. The molecule has 0 saturated carbocycles. The van der Waals surface area contributed by atoms with E-state index in [-0.39, 0.29) is 18.8 Å². The van der Waals surface area contributed by atoms with E-state index in [0.717, 1.165) is 0 Å². The molecule has 10 heteroatoms. The predicted molar refractivity (Wildman–Crippen MR) is 82.0 cm³/mol. The van der Waals surface area contributed by atoms with Crippen molar-refractivity contribution in [3.05, 3.63) is 0 Å². The van der Waals surface area contributed by atoms with E-state index in [1.54, 1.807) is 6.92 Å². The standard InChI is InChI=1S/C5H8O4.C5H6O3.2HI.V/c1-3(5(8)9)2-4(6)7;1-3-2-4(6)8-5(3)7;;;/h3H,2H2,1H3,(H,6,7)(H,8,9);3H,2H2,1H3;2*1H;/q;;;;+2/p-2. The zero-order valence-electron chi connectivity index (χ0n) is 10.7. The first-order valence-electron chi connectivity index (χ1n) is 5.27. The van der Waals surface area contributed by atoms with Crippen LogP contribution in [-0.2, 0) is 33.4 Å². The summed E-state index contributed by atoms with van der Waals surface area (Å²) in [5.74, 6) is -3.95. The Bertz CT molecular complexity index is 362. The van der Waals surface area contributed by atoms with Gasteiger partial charge in [-0.15, -0.1) is 0 Å². The van der Waals surface area contributed by atoms with Gasteiger partial charge in [0.1, 0.15) is 0 Å². The predicted octanol–water partition coefficient (Wildman–Crippen LogP) is 2.05. The van der Waals surface area contributed by atoms with E-state index in [1.165, 1.54) is 6.92 Å². The van der Waals surface area contributed by atoms with Gasteiger partial charge in [0, 0.05) is 0 Å². The number of aliphatic carboxylic acids is 2. The van der Waals surface area contributed by atoms with E-state index in [9.17, 15) is 19.2 Å². The summed E-state index contributed by atoms with van der Waals surface area (Å²) in [7, 11) is 0.628. The second kappa shape index (κ2) is 12.8. The van der Waals surface area contributed by atoms with Crippen molar-refractivity contribution < 1.29 is 43.6 Å². The van der Waals surface area contributed by atoms with Crippen molar-refractivity contribution in [2.45, 2.75) is 26.7 Å². The zero-order valence-corrected chi connectivity index (χ0v) is 16.4. The summed E-state index contributed by atoms with van der Waals surface area (Å²) >= 11 is 4.74. The van der Waals surface area contributed by atoms with Crippen molar-refractivity contribution >= 4 is 63.8 Å². The molecule has 115 valence electrons. The number of carboxylic acid groups (broad SMARTS) is 2. The molecule has 7 nitrogen and oxygen atoms in total. The molecule has 0 aliphatic carbocycles. The average molecular weight is 551 g/mol. The summed E-state index contributed by atoms with van der Waals surface area (Å²) in [5, 5.41) is 16.2. The van der Waals surface area contributed by atoms with Gasteiger partial charge in [0.25, 0.3) is 0 Å². The fraction of sp³-hybridized carbons (Fsp3) is 0.600. The Labute approximate surface area is 145 Å². The quantitative estimate of drug-likeness (QED) is 0.314. The van der Waals surface area contributed by atoms with Gasteiger partial charge in [0.2, 0.25) is 0 Å². The molecule has 0 spiro atoms. The summed E-state index contributed by atoms with van der Waals surface area (Å²) in [4.78, 5) is 40.4. The van der Waals surface area contributed by atoms with Crippen LogP contribution in [0.3, 0.4) is 0 Å². The third-order valence-corrected chi connectivity index (χ3v) is 1.99. The Balaban J connectivity index is 0. The van der Waals surface area contributed by atoms with Crippen LogP contribution in [0, 0.1) is 11.8 Å². The molecule has 20 heavy (non-hydrogen) atoms. The van der Waals surface area contributed by atoms with Crippen molar-refractivity contribution in [2.24, 2.45) is 11.8 Å². The number of carboxylic acids is 2. The fourth-order valence-electron chi connectivity index (χ4n) is 0.937. The summed E-state index contributed by atoms with van der Waals surface area (Å²) in [5.41, 5.74) is 0. The molecule has 1 heterocycles. The molecule has 2 unspecified atom stereocenters. The normalized spacial score (nSPS) is 17.7. The van der Waals surface area contributed by atoms with E-state index in [4.69, 9.17) is 10.2 Å². The molecule has 1 rings (SSSR count). The minimum absolute atomic E-state index is 0.220. The summed E-state index contributed by atoms with van der Waals surface area (Å²) in [6.45, 7) is 3.03. The SMILES string of the molecule is CC(CC(=O)O)C(=O)O.CC1CC(=O)OC1=O.[I][V][I]. The number of cyclic esters (lactones) is 2. The van der Waals surface area contributed by atoms with Crippen molar-refractivity contribution in [1.82, 2.24) is 0 Å². The molecular weight excluding hydrogens is 537 g/mol. The number of hydrogen-bond donors (Lipinski definition) is 2. The van der Waals surface area contributed by atoms with E-state index < -0.39 is 29.8 Å². The van der Waals surface area contributed by atoms with Gasteiger partial charge in [-0.3, -0.25) is 19.2 Å². The number of esters is 2. The Morgan fingerprint density at radius 2 is 1.85 bits per heavy atom. The number of carbonyl (C=O) groups excluding carboxylic acids is 2. The van der Waals surface area contributed by atoms with E-state index >= 15 is 0 Å². The maximum atomic E-state index is 10.3. The van der Waals surface area contributed by atoms with E-state index in [2.05, 4.69) is 44.7 Å². The molecule has 0 radical (unpaired) electrons. The van der Waals surface area contributed by atoms with Gasteiger partial charge in [-0.1, -0.05) is 13.8 Å².